The standard InChI is InChI=1S/C16H11BrFNO/c17-12-8-16(14(19)9-13(12)18)20-15-7-3-5-10-4-1-2-6-11(10)15/h1-9H,19H2. The third-order valence-electron chi connectivity index (χ3n) is 3.02. The molecule has 0 aliphatic heterocycles. The molecule has 0 radical (unpaired) electrons. The van der Waals surface area contributed by atoms with Crippen molar-refractivity contribution < 1.29 is 9.13 Å². The van der Waals surface area contributed by atoms with Crippen LogP contribution in [-0.2, 0) is 0 Å². The van der Waals surface area contributed by atoms with Crippen molar-refractivity contribution in [3.8, 4) is 11.5 Å². The minimum atomic E-state index is -0.409. The fourth-order valence-electron chi connectivity index (χ4n) is 2.04. The Balaban J connectivity index is 2.08. The van der Waals surface area contributed by atoms with Gasteiger partial charge in [0.1, 0.15) is 11.6 Å². The van der Waals surface area contributed by atoms with E-state index < -0.39 is 5.82 Å². The van der Waals surface area contributed by atoms with E-state index in [0.717, 1.165) is 10.8 Å². The highest BCUT2D eigenvalue weighted by atomic mass is 79.9. The highest BCUT2D eigenvalue weighted by molar-refractivity contribution is 9.10. The molecule has 3 aromatic carbocycles. The number of fused-ring (bicyclic) bond motifs is 1. The van der Waals surface area contributed by atoms with Crippen molar-refractivity contribution in [3.05, 3.63) is 64.9 Å². The summed E-state index contributed by atoms with van der Waals surface area (Å²) in [4.78, 5) is 0. The lowest BCUT2D eigenvalue weighted by Gasteiger charge is -2.11. The number of ether oxygens (including phenoxy) is 1. The maximum Gasteiger partial charge on any atom is 0.151 e. The summed E-state index contributed by atoms with van der Waals surface area (Å²) in [6.07, 6.45) is 0. The van der Waals surface area contributed by atoms with E-state index in [4.69, 9.17) is 10.5 Å². The zero-order chi connectivity index (χ0) is 14.1. The molecule has 20 heavy (non-hydrogen) atoms. The minimum absolute atomic E-state index is 0.263. The Morgan fingerprint density at radius 2 is 1.70 bits per heavy atom. The summed E-state index contributed by atoms with van der Waals surface area (Å²) in [5, 5.41) is 2.06. The van der Waals surface area contributed by atoms with Crippen LogP contribution < -0.4 is 10.5 Å². The first-order chi connectivity index (χ1) is 9.65. The number of nitrogens with two attached hydrogens (primary N) is 1. The third-order valence-corrected chi connectivity index (χ3v) is 3.63. The molecule has 0 aromatic heterocycles. The van der Waals surface area contributed by atoms with Crippen LogP contribution in [0.4, 0.5) is 10.1 Å². The van der Waals surface area contributed by atoms with Gasteiger partial charge in [0.2, 0.25) is 0 Å². The molecule has 0 bridgehead atoms. The van der Waals surface area contributed by atoms with Crippen LogP contribution >= 0.6 is 15.9 Å². The number of rotatable bonds is 2. The monoisotopic (exact) mass is 331 g/mol. The number of nitrogen functional groups attached to an aromatic ring is 1. The minimum Gasteiger partial charge on any atom is -0.455 e. The van der Waals surface area contributed by atoms with Gasteiger partial charge in [-0.3, -0.25) is 0 Å². The fourth-order valence-corrected chi connectivity index (χ4v) is 2.36. The van der Waals surface area contributed by atoms with E-state index in [9.17, 15) is 4.39 Å². The molecular formula is C16H11BrFNO. The molecule has 3 rings (SSSR count). The summed E-state index contributed by atoms with van der Waals surface area (Å²) in [6.45, 7) is 0. The zero-order valence-electron chi connectivity index (χ0n) is 10.4. The largest absolute Gasteiger partial charge is 0.455 e. The Bertz CT molecular complexity index is 783. The van der Waals surface area contributed by atoms with Crippen LogP contribution in [0.2, 0.25) is 0 Å². The number of halogens is 2. The van der Waals surface area contributed by atoms with Crippen molar-refractivity contribution in [3.63, 3.8) is 0 Å². The SMILES string of the molecule is Nc1cc(F)c(Br)cc1Oc1cccc2ccccc12. The van der Waals surface area contributed by atoms with Gasteiger partial charge >= 0.3 is 0 Å². The van der Waals surface area contributed by atoms with Crippen LogP contribution in [0.25, 0.3) is 10.8 Å². The molecule has 0 unspecified atom stereocenters. The van der Waals surface area contributed by atoms with Crippen molar-refractivity contribution in [2.45, 2.75) is 0 Å². The van der Waals surface area contributed by atoms with Crippen LogP contribution in [0.5, 0.6) is 11.5 Å². The Morgan fingerprint density at radius 1 is 0.950 bits per heavy atom. The average molecular weight is 332 g/mol. The first-order valence-electron chi connectivity index (χ1n) is 6.05. The van der Waals surface area contributed by atoms with Crippen molar-refractivity contribution >= 4 is 32.4 Å². The van der Waals surface area contributed by atoms with Gasteiger partial charge in [0.25, 0.3) is 0 Å². The third kappa shape index (κ3) is 2.34. The highest BCUT2D eigenvalue weighted by Crippen LogP contribution is 2.35. The van der Waals surface area contributed by atoms with Gasteiger partial charge in [-0.2, -0.15) is 0 Å². The molecule has 100 valence electrons. The van der Waals surface area contributed by atoms with Crippen LogP contribution in [0.3, 0.4) is 0 Å². The molecule has 2 N–H and O–H groups in total. The van der Waals surface area contributed by atoms with Crippen LogP contribution in [0, 0.1) is 5.82 Å². The molecule has 2 nitrogen and oxygen atoms in total. The van der Waals surface area contributed by atoms with E-state index in [0.29, 0.717) is 16.0 Å². The van der Waals surface area contributed by atoms with Crippen LogP contribution in [-0.4, -0.2) is 0 Å². The molecule has 0 atom stereocenters. The second kappa shape index (κ2) is 5.13. The van der Waals surface area contributed by atoms with Gasteiger partial charge < -0.3 is 10.5 Å². The summed E-state index contributed by atoms with van der Waals surface area (Å²) >= 11 is 3.13. The Morgan fingerprint density at radius 3 is 2.55 bits per heavy atom. The van der Waals surface area contributed by atoms with E-state index in [-0.39, 0.29) is 5.69 Å². The molecule has 0 heterocycles. The summed E-state index contributed by atoms with van der Waals surface area (Å²) in [7, 11) is 0. The second-order valence-electron chi connectivity index (χ2n) is 4.38. The van der Waals surface area contributed by atoms with Gasteiger partial charge in [0.15, 0.2) is 5.75 Å². The molecule has 0 amide bonds. The number of hydrogen-bond donors (Lipinski definition) is 1. The van der Waals surface area contributed by atoms with Gasteiger partial charge in [-0.1, -0.05) is 36.4 Å². The second-order valence-corrected chi connectivity index (χ2v) is 5.24. The van der Waals surface area contributed by atoms with E-state index in [1.165, 1.54) is 12.1 Å². The molecule has 4 heteroatoms. The maximum absolute atomic E-state index is 13.4. The molecular weight excluding hydrogens is 321 g/mol. The maximum atomic E-state index is 13.4. The van der Waals surface area contributed by atoms with Crippen LogP contribution in [0.1, 0.15) is 0 Å². The number of hydrogen-bond acceptors (Lipinski definition) is 2. The Hall–Kier alpha value is -2.07. The lowest BCUT2D eigenvalue weighted by molar-refractivity contribution is 0.488. The zero-order valence-corrected chi connectivity index (χ0v) is 12.0. The summed E-state index contributed by atoms with van der Waals surface area (Å²) < 4.78 is 19.5. The Labute approximate surface area is 124 Å². The molecule has 0 spiro atoms. The lowest BCUT2D eigenvalue weighted by Crippen LogP contribution is -1.94. The Kier molecular flexibility index (Phi) is 3.32. The summed E-state index contributed by atoms with van der Waals surface area (Å²) in [6, 6.07) is 16.4. The topological polar surface area (TPSA) is 35.2 Å². The molecule has 0 saturated heterocycles. The van der Waals surface area contributed by atoms with E-state index in [2.05, 4.69) is 15.9 Å². The van der Waals surface area contributed by atoms with Gasteiger partial charge in [-0.15, -0.1) is 0 Å². The van der Waals surface area contributed by atoms with E-state index in [1.54, 1.807) is 0 Å². The first kappa shape index (κ1) is 12.9. The smallest absolute Gasteiger partial charge is 0.151 e. The predicted molar refractivity (Wildman–Crippen MR) is 82.5 cm³/mol. The van der Waals surface area contributed by atoms with Crippen molar-refractivity contribution in [1.82, 2.24) is 0 Å². The van der Waals surface area contributed by atoms with E-state index in [1.807, 2.05) is 42.5 Å². The lowest BCUT2D eigenvalue weighted by atomic mass is 10.1. The highest BCUT2D eigenvalue weighted by Gasteiger charge is 2.09. The molecule has 0 aliphatic carbocycles. The van der Waals surface area contributed by atoms with Gasteiger partial charge in [-0.25, -0.2) is 4.39 Å². The summed E-state index contributed by atoms with van der Waals surface area (Å²) in [5.74, 6) is 0.704. The van der Waals surface area contributed by atoms with Crippen LogP contribution in [0.15, 0.2) is 59.1 Å². The van der Waals surface area contributed by atoms with Crippen molar-refractivity contribution in [2.75, 3.05) is 5.73 Å². The van der Waals surface area contributed by atoms with Crippen molar-refractivity contribution in [2.24, 2.45) is 0 Å². The summed E-state index contributed by atoms with van der Waals surface area (Å²) in [5.41, 5.74) is 6.06. The van der Waals surface area contributed by atoms with Gasteiger partial charge in [0, 0.05) is 17.5 Å². The quantitative estimate of drug-likeness (QED) is 0.662. The number of benzene rings is 3. The molecule has 3 aromatic rings. The average Bonchev–Trinajstić information content (AvgIpc) is 2.45. The predicted octanol–water partition coefficient (Wildman–Crippen LogP) is 5.12. The molecule has 0 aliphatic rings. The fraction of sp³-hybridized carbons (Fsp3) is 0. The van der Waals surface area contributed by atoms with Gasteiger partial charge in [0.05, 0.1) is 10.2 Å². The molecule has 0 fully saturated rings. The van der Waals surface area contributed by atoms with Crippen molar-refractivity contribution in [1.29, 1.82) is 0 Å². The van der Waals surface area contributed by atoms with Gasteiger partial charge in [-0.05, 0) is 27.4 Å². The molecule has 0 saturated carbocycles. The number of anilines is 1. The normalized spacial score (nSPS) is 10.7. The van der Waals surface area contributed by atoms with E-state index >= 15 is 0 Å². The first-order valence-corrected chi connectivity index (χ1v) is 6.84.